The minimum Gasteiger partial charge on any atom is -0.207 e. The fourth-order valence-electron chi connectivity index (χ4n) is 1.56. The molecule has 0 saturated carbocycles. The average molecular weight is 294 g/mol. The van der Waals surface area contributed by atoms with Gasteiger partial charge in [0.05, 0.1) is 0 Å². The number of alkyl halides is 1. The Balaban J connectivity index is 2.72. The van der Waals surface area contributed by atoms with Crippen molar-refractivity contribution in [3.8, 4) is 0 Å². The van der Waals surface area contributed by atoms with Gasteiger partial charge >= 0.3 is 0 Å². The summed E-state index contributed by atoms with van der Waals surface area (Å²) < 4.78 is 12.8. The lowest BCUT2D eigenvalue weighted by Crippen LogP contribution is -2.12. The zero-order valence-corrected chi connectivity index (χ0v) is 11.3. The van der Waals surface area contributed by atoms with Crippen molar-refractivity contribution in [3.63, 3.8) is 0 Å². The lowest BCUT2D eigenvalue weighted by Gasteiger charge is -2.17. The Morgan fingerprint density at radius 3 is 2.67 bits per heavy atom. The van der Waals surface area contributed by atoms with Crippen molar-refractivity contribution in [3.05, 3.63) is 34.6 Å². The van der Waals surface area contributed by atoms with Crippen molar-refractivity contribution < 1.29 is 4.39 Å². The van der Waals surface area contributed by atoms with Gasteiger partial charge in [0.2, 0.25) is 0 Å². The summed E-state index contributed by atoms with van der Waals surface area (Å²) in [6.07, 6.45) is 1.96. The number of hydrogen-bond acceptors (Lipinski definition) is 0. The maximum atomic E-state index is 12.8. The van der Waals surface area contributed by atoms with E-state index in [1.54, 1.807) is 6.07 Å². The van der Waals surface area contributed by atoms with Crippen LogP contribution in [-0.4, -0.2) is 4.83 Å². The van der Waals surface area contributed by atoms with E-state index in [1.165, 1.54) is 12.1 Å². The molecule has 1 aromatic carbocycles. The third kappa shape index (κ3) is 3.76. The third-order valence-corrected chi connectivity index (χ3v) is 4.47. The van der Waals surface area contributed by atoms with Gasteiger partial charge in [0.15, 0.2) is 0 Å². The molecule has 84 valence electrons. The van der Waals surface area contributed by atoms with E-state index < -0.39 is 0 Å². The molecule has 0 spiro atoms. The molecule has 2 atom stereocenters. The van der Waals surface area contributed by atoms with Gasteiger partial charge in [-0.15, -0.1) is 0 Å². The predicted molar refractivity (Wildman–Crippen MR) is 67.3 cm³/mol. The summed E-state index contributed by atoms with van der Waals surface area (Å²) in [5.74, 6) is 0.222. The minimum atomic E-state index is -0.276. The normalized spacial score (nSPS) is 15.0. The smallest absolute Gasteiger partial charge is 0.124 e. The monoisotopic (exact) mass is 292 g/mol. The van der Waals surface area contributed by atoms with Gasteiger partial charge in [0, 0.05) is 9.85 Å². The number of benzene rings is 1. The van der Waals surface area contributed by atoms with Crippen LogP contribution in [0, 0.1) is 11.7 Å². The largest absolute Gasteiger partial charge is 0.207 e. The molecule has 0 aliphatic rings. The van der Waals surface area contributed by atoms with Crippen LogP contribution in [0.3, 0.4) is 0 Å². The number of halogens is 3. The Hall–Kier alpha value is -0.0800. The van der Waals surface area contributed by atoms with Crippen LogP contribution in [0.15, 0.2) is 18.2 Å². The molecule has 0 saturated heterocycles. The molecule has 0 aromatic heterocycles. The molecule has 0 aliphatic heterocycles. The highest BCUT2D eigenvalue weighted by Crippen LogP contribution is 2.25. The Kier molecular flexibility index (Phi) is 5.07. The maximum Gasteiger partial charge on any atom is 0.124 e. The fourth-order valence-corrected chi connectivity index (χ4v) is 2.00. The molecule has 2 unspecified atom stereocenters. The zero-order chi connectivity index (χ0) is 11.4. The van der Waals surface area contributed by atoms with Gasteiger partial charge in [0.25, 0.3) is 0 Å². The first kappa shape index (κ1) is 13.0. The third-order valence-electron chi connectivity index (χ3n) is 2.56. The molecule has 0 aliphatic carbocycles. The molecule has 0 amide bonds. The molecule has 1 rings (SSSR count). The predicted octanol–water partition coefficient (Wildman–Crippen LogP) is 4.83. The molecule has 0 nitrogen and oxygen atoms in total. The Morgan fingerprint density at radius 2 is 2.13 bits per heavy atom. The second kappa shape index (κ2) is 5.86. The lowest BCUT2D eigenvalue weighted by atomic mass is 9.97. The SMILES string of the molecule is CCC(Br)C(C)Cc1ccc(F)cc1Cl. The second-order valence-corrected chi connectivity index (χ2v) is 5.42. The van der Waals surface area contributed by atoms with Gasteiger partial charge < -0.3 is 0 Å². The minimum absolute atomic E-state index is 0.276. The summed E-state index contributed by atoms with van der Waals surface area (Å²) in [4.78, 5) is 0.485. The van der Waals surface area contributed by atoms with Crippen LogP contribution in [0.1, 0.15) is 25.8 Å². The summed E-state index contributed by atoms with van der Waals surface area (Å²) in [6.45, 7) is 4.31. The molecule has 0 radical (unpaired) electrons. The first-order valence-electron chi connectivity index (χ1n) is 5.12. The van der Waals surface area contributed by atoms with Crippen LogP contribution in [0.4, 0.5) is 4.39 Å². The molecule has 0 fully saturated rings. The fraction of sp³-hybridized carbons (Fsp3) is 0.500. The van der Waals surface area contributed by atoms with Gasteiger partial charge in [-0.3, -0.25) is 0 Å². The van der Waals surface area contributed by atoms with Crippen molar-refractivity contribution >= 4 is 27.5 Å². The number of rotatable bonds is 4. The Labute approximate surface area is 104 Å². The van der Waals surface area contributed by atoms with Crippen LogP contribution in [-0.2, 0) is 6.42 Å². The average Bonchev–Trinajstić information content (AvgIpc) is 2.20. The van der Waals surface area contributed by atoms with Crippen molar-refractivity contribution in [1.29, 1.82) is 0 Å². The van der Waals surface area contributed by atoms with Crippen molar-refractivity contribution in [2.75, 3.05) is 0 Å². The second-order valence-electron chi connectivity index (χ2n) is 3.84. The molecule has 15 heavy (non-hydrogen) atoms. The first-order chi connectivity index (χ1) is 7.04. The van der Waals surface area contributed by atoms with Gasteiger partial charge in [-0.1, -0.05) is 47.4 Å². The molecule has 1 aromatic rings. The van der Waals surface area contributed by atoms with E-state index in [0.29, 0.717) is 15.8 Å². The molecular weight excluding hydrogens is 278 g/mol. The van der Waals surface area contributed by atoms with E-state index in [9.17, 15) is 4.39 Å². The standard InChI is InChI=1S/C12H15BrClF/c1-3-11(13)8(2)6-9-4-5-10(15)7-12(9)14/h4-5,7-8,11H,3,6H2,1-2H3. The van der Waals surface area contributed by atoms with Gasteiger partial charge in [0.1, 0.15) is 5.82 Å². The first-order valence-corrected chi connectivity index (χ1v) is 6.42. The Morgan fingerprint density at radius 1 is 1.47 bits per heavy atom. The van der Waals surface area contributed by atoms with E-state index >= 15 is 0 Å². The summed E-state index contributed by atoms with van der Waals surface area (Å²) >= 11 is 9.59. The van der Waals surface area contributed by atoms with Gasteiger partial charge in [-0.2, -0.15) is 0 Å². The van der Waals surface area contributed by atoms with Gasteiger partial charge in [-0.05, 0) is 36.5 Å². The van der Waals surface area contributed by atoms with E-state index in [-0.39, 0.29) is 5.82 Å². The molecule has 3 heteroatoms. The van der Waals surface area contributed by atoms with Crippen LogP contribution in [0.25, 0.3) is 0 Å². The Bertz CT molecular complexity index is 327. The highest BCUT2D eigenvalue weighted by atomic mass is 79.9. The topological polar surface area (TPSA) is 0 Å². The van der Waals surface area contributed by atoms with Crippen LogP contribution < -0.4 is 0 Å². The maximum absolute atomic E-state index is 12.8. The summed E-state index contributed by atoms with van der Waals surface area (Å²) in [6, 6.07) is 4.60. The van der Waals surface area contributed by atoms with E-state index in [4.69, 9.17) is 11.6 Å². The van der Waals surface area contributed by atoms with Crippen molar-refractivity contribution in [1.82, 2.24) is 0 Å². The van der Waals surface area contributed by atoms with E-state index in [0.717, 1.165) is 18.4 Å². The highest BCUT2D eigenvalue weighted by molar-refractivity contribution is 9.09. The summed E-state index contributed by atoms with van der Waals surface area (Å²) in [5, 5.41) is 0.526. The quantitative estimate of drug-likeness (QED) is 0.697. The lowest BCUT2D eigenvalue weighted by molar-refractivity contribution is 0.544. The zero-order valence-electron chi connectivity index (χ0n) is 8.93. The summed E-state index contributed by atoms with van der Waals surface area (Å²) in [7, 11) is 0. The van der Waals surface area contributed by atoms with E-state index in [2.05, 4.69) is 29.8 Å². The van der Waals surface area contributed by atoms with Crippen molar-refractivity contribution in [2.45, 2.75) is 31.5 Å². The van der Waals surface area contributed by atoms with Crippen molar-refractivity contribution in [2.24, 2.45) is 5.92 Å². The molecular formula is C12H15BrClF. The molecule has 0 bridgehead atoms. The summed E-state index contributed by atoms with van der Waals surface area (Å²) in [5.41, 5.74) is 1.02. The highest BCUT2D eigenvalue weighted by Gasteiger charge is 2.14. The number of hydrogen-bond donors (Lipinski definition) is 0. The molecule has 0 N–H and O–H groups in total. The van der Waals surface area contributed by atoms with Gasteiger partial charge in [-0.25, -0.2) is 4.39 Å². The van der Waals surface area contributed by atoms with Crippen LogP contribution >= 0.6 is 27.5 Å². The molecule has 0 heterocycles. The van der Waals surface area contributed by atoms with Crippen LogP contribution in [0.5, 0.6) is 0 Å². The van der Waals surface area contributed by atoms with E-state index in [1.807, 2.05) is 0 Å². The van der Waals surface area contributed by atoms with Crippen LogP contribution in [0.2, 0.25) is 5.02 Å².